The van der Waals surface area contributed by atoms with Crippen LogP contribution in [-0.2, 0) is 0 Å². The molecule has 8 aromatic carbocycles. The van der Waals surface area contributed by atoms with E-state index in [-0.39, 0.29) is 0 Å². The molecule has 0 aliphatic rings. The predicted octanol–water partition coefficient (Wildman–Crippen LogP) is 13.7. The fourth-order valence-corrected chi connectivity index (χ4v) is 8.97. The van der Waals surface area contributed by atoms with E-state index in [2.05, 4.69) is 169 Å². The van der Waals surface area contributed by atoms with Crippen LogP contribution in [0.2, 0.25) is 0 Å². The first kappa shape index (κ1) is 29.7. The van der Waals surface area contributed by atoms with Crippen molar-refractivity contribution in [1.82, 2.24) is 9.97 Å². The molecule has 2 aromatic heterocycles. The smallest absolute Gasteiger partial charge is 0.124 e. The van der Waals surface area contributed by atoms with Gasteiger partial charge in [0.15, 0.2) is 0 Å². The number of fused-ring (bicyclic) bond motifs is 5. The van der Waals surface area contributed by atoms with Crippen LogP contribution in [0, 0.1) is 0 Å². The first-order valence-electron chi connectivity index (χ1n) is 17.0. The van der Waals surface area contributed by atoms with Crippen LogP contribution in [0.1, 0.15) is 0 Å². The molecule has 0 amide bonds. The summed E-state index contributed by atoms with van der Waals surface area (Å²) >= 11 is 3.46. The predicted molar refractivity (Wildman–Crippen MR) is 219 cm³/mol. The molecular formula is C46H29N3S2. The fraction of sp³-hybridized carbons (Fsp3) is 0. The standard InChI is InChI=1S/C46H29N3S2/c1-2-10-37-33(9-1)29-40(39-12-4-3-11-38(37)39)30-17-23-34(24-18-30)49(35-25-19-31(20-26-35)45-47-41-13-5-7-15-43(41)50-45)36-27-21-32(22-28-36)46-48-42-14-6-8-16-44(42)51-46/h1-29H. The minimum Gasteiger partial charge on any atom is -0.311 e. The van der Waals surface area contributed by atoms with Gasteiger partial charge >= 0.3 is 0 Å². The molecule has 0 bridgehead atoms. The molecule has 0 aliphatic carbocycles. The van der Waals surface area contributed by atoms with Gasteiger partial charge in [-0.15, -0.1) is 22.7 Å². The van der Waals surface area contributed by atoms with E-state index in [1.54, 1.807) is 22.7 Å². The molecule has 5 heteroatoms. The average molecular weight is 688 g/mol. The average Bonchev–Trinajstić information content (AvgIpc) is 3.84. The molecule has 10 aromatic rings. The van der Waals surface area contributed by atoms with E-state index >= 15 is 0 Å². The van der Waals surface area contributed by atoms with Gasteiger partial charge in [-0.3, -0.25) is 0 Å². The molecule has 240 valence electrons. The molecule has 0 aliphatic heterocycles. The van der Waals surface area contributed by atoms with E-state index in [1.807, 2.05) is 12.1 Å². The van der Waals surface area contributed by atoms with Crippen molar-refractivity contribution >= 4 is 81.7 Å². The van der Waals surface area contributed by atoms with Crippen molar-refractivity contribution in [3.05, 3.63) is 176 Å². The zero-order chi connectivity index (χ0) is 33.7. The van der Waals surface area contributed by atoms with E-state index in [1.165, 1.54) is 42.1 Å². The van der Waals surface area contributed by atoms with E-state index in [0.717, 1.165) is 49.2 Å². The number of rotatable bonds is 6. The molecule has 0 saturated heterocycles. The Balaban J connectivity index is 1.05. The van der Waals surface area contributed by atoms with Crippen molar-refractivity contribution < 1.29 is 0 Å². The van der Waals surface area contributed by atoms with Crippen molar-refractivity contribution in [3.63, 3.8) is 0 Å². The van der Waals surface area contributed by atoms with Gasteiger partial charge in [-0.25, -0.2) is 9.97 Å². The molecule has 0 atom stereocenters. The van der Waals surface area contributed by atoms with Crippen LogP contribution >= 0.6 is 22.7 Å². The second-order valence-electron chi connectivity index (χ2n) is 12.6. The third kappa shape index (κ3) is 5.35. The highest BCUT2D eigenvalue weighted by molar-refractivity contribution is 7.22. The minimum atomic E-state index is 1.03. The molecule has 0 fully saturated rings. The first-order chi connectivity index (χ1) is 25.2. The van der Waals surface area contributed by atoms with Gasteiger partial charge in [-0.1, -0.05) is 84.9 Å². The molecule has 0 N–H and O–H groups in total. The van der Waals surface area contributed by atoms with Crippen molar-refractivity contribution in [2.24, 2.45) is 0 Å². The van der Waals surface area contributed by atoms with Crippen molar-refractivity contribution in [2.45, 2.75) is 0 Å². The Morgan fingerprint density at radius 2 is 0.804 bits per heavy atom. The fourth-order valence-electron chi connectivity index (χ4n) is 7.03. The summed E-state index contributed by atoms with van der Waals surface area (Å²) in [5.41, 5.74) is 9.98. The maximum Gasteiger partial charge on any atom is 0.124 e. The molecule has 0 spiro atoms. The maximum absolute atomic E-state index is 4.91. The topological polar surface area (TPSA) is 29.0 Å². The van der Waals surface area contributed by atoms with Gasteiger partial charge in [0.05, 0.1) is 20.4 Å². The highest BCUT2D eigenvalue weighted by atomic mass is 32.1. The number of hydrogen-bond donors (Lipinski definition) is 0. The Morgan fingerprint density at radius 3 is 1.33 bits per heavy atom. The third-order valence-corrected chi connectivity index (χ3v) is 11.7. The first-order valence-corrected chi connectivity index (χ1v) is 18.6. The summed E-state index contributed by atoms with van der Waals surface area (Å²) in [5, 5.41) is 7.12. The molecule has 3 nitrogen and oxygen atoms in total. The monoisotopic (exact) mass is 687 g/mol. The lowest BCUT2D eigenvalue weighted by atomic mass is 9.93. The minimum absolute atomic E-state index is 1.03. The van der Waals surface area contributed by atoms with Gasteiger partial charge in [0.1, 0.15) is 10.0 Å². The van der Waals surface area contributed by atoms with Crippen molar-refractivity contribution in [3.8, 4) is 32.3 Å². The molecule has 2 heterocycles. The van der Waals surface area contributed by atoms with E-state index < -0.39 is 0 Å². The van der Waals surface area contributed by atoms with Gasteiger partial charge in [0.25, 0.3) is 0 Å². The summed E-state index contributed by atoms with van der Waals surface area (Å²) < 4.78 is 2.40. The van der Waals surface area contributed by atoms with Gasteiger partial charge in [0.2, 0.25) is 0 Å². The Labute approximate surface area is 303 Å². The van der Waals surface area contributed by atoms with Crippen LogP contribution in [0.3, 0.4) is 0 Å². The summed E-state index contributed by atoms with van der Waals surface area (Å²) in [7, 11) is 0. The van der Waals surface area contributed by atoms with Crippen LogP contribution in [0.4, 0.5) is 17.1 Å². The number of benzene rings is 8. The highest BCUT2D eigenvalue weighted by Gasteiger charge is 2.16. The van der Waals surface area contributed by atoms with Crippen LogP contribution < -0.4 is 4.90 Å². The largest absolute Gasteiger partial charge is 0.311 e. The van der Waals surface area contributed by atoms with E-state index in [9.17, 15) is 0 Å². The number of para-hydroxylation sites is 2. The molecule has 0 unspecified atom stereocenters. The second-order valence-corrected chi connectivity index (χ2v) is 14.7. The van der Waals surface area contributed by atoms with Crippen LogP contribution in [0.15, 0.2) is 176 Å². The quantitative estimate of drug-likeness (QED) is 0.163. The lowest BCUT2D eigenvalue weighted by Crippen LogP contribution is -2.09. The van der Waals surface area contributed by atoms with Gasteiger partial charge in [-0.05, 0) is 124 Å². The number of nitrogens with zero attached hydrogens (tertiary/aromatic N) is 3. The maximum atomic E-state index is 4.91. The number of thiazole rings is 2. The van der Waals surface area contributed by atoms with E-state index in [4.69, 9.17) is 9.97 Å². The SMILES string of the molecule is c1ccc2c(c1)cc(-c1ccc(N(c3ccc(-c4nc5ccccc5s4)cc3)c3ccc(-c4nc5ccccc5s4)cc3)cc1)c1ccccc12. The van der Waals surface area contributed by atoms with Gasteiger partial charge in [-0.2, -0.15) is 0 Å². The van der Waals surface area contributed by atoms with Crippen molar-refractivity contribution in [1.29, 1.82) is 0 Å². The lowest BCUT2D eigenvalue weighted by Gasteiger charge is -2.26. The lowest BCUT2D eigenvalue weighted by molar-refractivity contribution is 1.28. The summed E-state index contributed by atoms with van der Waals surface area (Å²) in [6.45, 7) is 0. The third-order valence-electron chi connectivity index (χ3n) is 9.54. The van der Waals surface area contributed by atoms with Gasteiger partial charge < -0.3 is 4.90 Å². The normalized spacial score (nSPS) is 11.5. The van der Waals surface area contributed by atoms with E-state index in [0.29, 0.717) is 0 Å². The summed E-state index contributed by atoms with van der Waals surface area (Å²) in [5.74, 6) is 0. The summed E-state index contributed by atoms with van der Waals surface area (Å²) in [6.07, 6.45) is 0. The Morgan fingerprint density at radius 1 is 0.373 bits per heavy atom. The van der Waals surface area contributed by atoms with Crippen LogP contribution in [-0.4, -0.2) is 9.97 Å². The van der Waals surface area contributed by atoms with Crippen LogP contribution in [0.5, 0.6) is 0 Å². The summed E-state index contributed by atoms with van der Waals surface area (Å²) in [6, 6.07) is 62.9. The Kier molecular flexibility index (Phi) is 7.19. The second kappa shape index (κ2) is 12.3. The Hall–Kier alpha value is -6.14. The molecule has 0 saturated carbocycles. The summed E-state index contributed by atoms with van der Waals surface area (Å²) in [4.78, 5) is 12.1. The molecule has 10 rings (SSSR count). The van der Waals surface area contributed by atoms with Gasteiger partial charge in [0, 0.05) is 28.2 Å². The molecule has 0 radical (unpaired) electrons. The number of hydrogen-bond acceptors (Lipinski definition) is 5. The Bertz CT molecular complexity index is 2670. The number of aromatic nitrogens is 2. The van der Waals surface area contributed by atoms with Crippen molar-refractivity contribution in [2.75, 3.05) is 4.90 Å². The zero-order valence-corrected chi connectivity index (χ0v) is 29.0. The number of anilines is 3. The molecular weight excluding hydrogens is 659 g/mol. The molecule has 51 heavy (non-hydrogen) atoms. The van der Waals surface area contributed by atoms with Crippen LogP contribution in [0.25, 0.3) is 74.2 Å². The zero-order valence-electron chi connectivity index (χ0n) is 27.4. The highest BCUT2D eigenvalue weighted by Crippen LogP contribution is 2.41.